The molecule has 1 aliphatic heterocycles. The molecule has 28 heavy (non-hydrogen) atoms. The molecule has 1 aromatic heterocycles. The van der Waals surface area contributed by atoms with E-state index in [9.17, 15) is 4.79 Å². The summed E-state index contributed by atoms with van der Waals surface area (Å²) in [4.78, 5) is 14.5. The van der Waals surface area contributed by atoms with Gasteiger partial charge in [-0.1, -0.05) is 37.3 Å². The minimum absolute atomic E-state index is 0.0289. The molecule has 0 spiro atoms. The molecule has 2 N–H and O–H groups in total. The molecule has 1 amide bonds. The van der Waals surface area contributed by atoms with E-state index in [0.717, 1.165) is 51.9 Å². The van der Waals surface area contributed by atoms with Crippen molar-refractivity contribution in [3.63, 3.8) is 0 Å². The van der Waals surface area contributed by atoms with E-state index in [1.54, 1.807) is 11.3 Å². The van der Waals surface area contributed by atoms with Gasteiger partial charge >= 0.3 is 0 Å². The number of hydrogen-bond acceptors (Lipinski definition) is 4. The lowest BCUT2D eigenvalue weighted by Crippen LogP contribution is -2.38. The third-order valence-electron chi connectivity index (χ3n) is 5.81. The SMILES string of the molecule is CCOc1ccc2ccccc2c1[C@H]1NC(=O)c2c(sc3c2CC[C@H](C)C3)N1. The molecule has 5 rings (SSSR count). The van der Waals surface area contributed by atoms with Crippen molar-refractivity contribution in [2.75, 3.05) is 11.9 Å². The van der Waals surface area contributed by atoms with Gasteiger partial charge in [-0.15, -0.1) is 11.3 Å². The second-order valence-electron chi connectivity index (χ2n) is 7.74. The van der Waals surface area contributed by atoms with Crippen molar-refractivity contribution in [1.29, 1.82) is 0 Å². The molecule has 144 valence electrons. The van der Waals surface area contributed by atoms with Gasteiger partial charge < -0.3 is 15.4 Å². The first kappa shape index (κ1) is 17.6. The van der Waals surface area contributed by atoms with Crippen LogP contribution >= 0.6 is 11.3 Å². The Balaban J connectivity index is 1.61. The molecule has 0 radical (unpaired) electrons. The highest BCUT2D eigenvalue weighted by Gasteiger charge is 2.34. The summed E-state index contributed by atoms with van der Waals surface area (Å²) in [6, 6.07) is 12.3. The normalized spacial score (nSPS) is 20.9. The van der Waals surface area contributed by atoms with Gasteiger partial charge in [-0.3, -0.25) is 4.79 Å². The average molecular weight is 393 g/mol. The van der Waals surface area contributed by atoms with Gasteiger partial charge in [0, 0.05) is 10.4 Å². The van der Waals surface area contributed by atoms with E-state index in [1.165, 1.54) is 10.4 Å². The minimum atomic E-state index is -0.301. The van der Waals surface area contributed by atoms with E-state index in [4.69, 9.17) is 4.74 Å². The summed E-state index contributed by atoms with van der Waals surface area (Å²) in [6.07, 6.45) is 2.93. The number of anilines is 1. The maximum atomic E-state index is 13.1. The van der Waals surface area contributed by atoms with Crippen LogP contribution in [-0.4, -0.2) is 12.5 Å². The molecule has 0 bridgehead atoms. The quantitative estimate of drug-likeness (QED) is 0.638. The molecule has 2 atom stereocenters. The van der Waals surface area contributed by atoms with E-state index < -0.39 is 0 Å². The van der Waals surface area contributed by atoms with Gasteiger partial charge in [0.2, 0.25) is 0 Å². The highest BCUT2D eigenvalue weighted by Crippen LogP contribution is 2.44. The van der Waals surface area contributed by atoms with Crippen molar-refractivity contribution in [3.05, 3.63) is 58.0 Å². The Morgan fingerprint density at radius 3 is 2.89 bits per heavy atom. The molecule has 2 aliphatic rings. The Labute approximate surface area is 168 Å². The van der Waals surface area contributed by atoms with Crippen molar-refractivity contribution in [3.8, 4) is 5.75 Å². The Hall–Kier alpha value is -2.53. The van der Waals surface area contributed by atoms with Gasteiger partial charge in [-0.2, -0.15) is 0 Å². The number of benzene rings is 2. The predicted octanol–water partition coefficient (Wildman–Crippen LogP) is 5.28. The van der Waals surface area contributed by atoms with Crippen LogP contribution in [0.3, 0.4) is 0 Å². The lowest BCUT2D eigenvalue weighted by molar-refractivity contribution is 0.0935. The van der Waals surface area contributed by atoms with Crippen LogP contribution < -0.4 is 15.4 Å². The van der Waals surface area contributed by atoms with E-state index in [-0.39, 0.29) is 12.1 Å². The predicted molar refractivity (Wildman–Crippen MR) is 114 cm³/mol. The molecule has 2 aromatic carbocycles. The summed E-state index contributed by atoms with van der Waals surface area (Å²) < 4.78 is 5.93. The molecule has 4 nitrogen and oxygen atoms in total. The van der Waals surface area contributed by atoms with Gasteiger partial charge in [0.25, 0.3) is 5.91 Å². The van der Waals surface area contributed by atoms with Crippen LogP contribution in [0.5, 0.6) is 5.75 Å². The smallest absolute Gasteiger partial charge is 0.256 e. The second-order valence-corrected chi connectivity index (χ2v) is 8.84. The third-order valence-corrected chi connectivity index (χ3v) is 6.99. The fourth-order valence-electron chi connectivity index (χ4n) is 4.46. The first-order chi connectivity index (χ1) is 13.7. The Morgan fingerprint density at radius 1 is 1.18 bits per heavy atom. The molecular formula is C23H24N2O2S. The standard InChI is InChI=1S/C23H24N2O2S/c1-3-27-17-11-9-14-6-4-5-7-15(14)19(17)21-24-22(26)20-16-10-8-13(2)12-18(16)28-23(20)25-21/h4-7,9,11,13,21,25H,3,8,10,12H2,1-2H3,(H,24,26)/t13-,21-/m0/s1. The molecule has 3 aromatic rings. The summed E-state index contributed by atoms with van der Waals surface area (Å²) >= 11 is 1.76. The van der Waals surface area contributed by atoms with E-state index in [2.05, 4.69) is 35.8 Å². The van der Waals surface area contributed by atoms with E-state index >= 15 is 0 Å². The third kappa shape index (κ3) is 2.76. The average Bonchev–Trinajstić information content (AvgIpc) is 3.05. The lowest BCUT2D eigenvalue weighted by atomic mass is 9.88. The summed E-state index contributed by atoms with van der Waals surface area (Å²) in [7, 11) is 0. The van der Waals surface area contributed by atoms with Crippen molar-refractivity contribution < 1.29 is 9.53 Å². The second kappa shape index (κ2) is 6.82. The van der Waals surface area contributed by atoms with Crippen molar-refractivity contribution in [1.82, 2.24) is 5.32 Å². The van der Waals surface area contributed by atoms with E-state index in [0.29, 0.717) is 12.5 Å². The molecule has 0 fully saturated rings. The highest BCUT2D eigenvalue weighted by molar-refractivity contribution is 7.16. The van der Waals surface area contributed by atoms with Crippen LogP contribution in [-0.2, 0) is 12.8 Å². The molecule has 0 unspecified atom stereocenters. The fourth-order valence-corrected chi connectivity index (χ4v) is 5.90. The summed E-state index contributed by atoms with van der Waals surface area (Å²) in [5, 5.41) is 10.1. The zero-order chi connectivity index (χ0) is 19.3. The van der Waals surface area contributed by atoms with Crippen LogP contribution in [0.25, 0.3) is 10.8 Å². The summed E-state index contributed by atoms with van der Waals surface area (Å²) in [5.41, 5.74) is 3.12. The van der Waals surface area contributed by atoms with Gasteiger partial charge in [0.1, 0.15) is 16.9 Å². The number of hydrogen-bond donors (Lipinski definition) is 2. The Bertz CT molecular complexity index is 1070. The number of fused-ring (bicyclic) bond motifs is 4. The van der Waals surface area contributed by atoms with Crippen LogP contribution in [0.1, 0.15) is 52.8 Å². The maximum Gasteiger partial charge on any atom is 0.256 e. The van der Waals surface area contributed by atoms with Gasteiger partial charge in [0.15, 0.2) is 0 Å². The van der Waals surface area contributed by atoms with Crippen LogP contribution in [0.15, 0.2) is 36.4 Å². The van der Waals surface area contributed by atoms with Gasteiger partial charge in [-0.05, 0) is 54.5 Å². The van der Waals surface area contributed by atoms with Crippen molar-refractivity contribution in [2.45, 2.75) is 39.3 Å². The number of carbonyl (C=O) groups is 1. The molecule has 0 saturated carbocycles. The monoisotopic (exact) mass is 392 g/mol. The zero-order valence-corrected chi connectivity index (χ0v) is 17.0. The molecular weight excluding hydrogens is 368 g/mol. The molecule has 1 aliphatic carbocycles. The van der Waals surface area contributed by atoms with Crippen LogP contribution in [0.4, 0.5) is 5.00 Å². The lowest BCUT2D eigenvalue weighted by Gasteiger charge is -2.29. The maximum absolute atomic E-state index is 13.1. The number of amides is 1. The molecule has 2 heterocycles. The van der Waals surface area contributed by atoms with Gasteiger partial charge in [-0.25, -0.2) is 0 Å². The van der Waals surface area contributed by atoms with Crippen LogP contribution in [0.2, 0.25) is 0 Å². The zero-order valence-electron chi connectivity index (χ0n) is 16.2. The van der Waals surface area contributed by atoms with Crippen LogP contribution in [0, 0.1) is 5.92 Å². The summed E-state index contributed by atoms with van der Waals surface area (Å²) in [6.45, 7) is 4.86. The Kier molecular flexibility index (Phi) is 4.27. The number of thiophene rings is 1. The largest absolute Gasteiger partial charge is 0.493 e. The molecule has 5 heteroatoms. The van der Waals surface area contributed by atoms with Gasteiger partial charge in [0.05, 0.1) is 12.2 Å². The fraction of sp³-hybridized carbons (Fsp3) is 0.348. The highest BCUT2D eigenvalue weighted by atomic mass is 32.1. The molecule has 0 saturated heterocycles. The first-order valence-electron chi connectivity index (χ1n) is 10.0. The number of ether oxygens (including phenoxy) is 1. The first-order valence-corrected chi connectivity index (χ1v) is 10.8. The minimum Gasteiger partial charge on any atom is -0.493 e. The Morgan fingerprint density at radius 2 is 2.04 bits per heavy atom. The number of nitrogens with one attached hydrogen (secondary N) is 2. The van der Waals surface area contributed by atoms with Crippen molar-refractivity contribution in [2.24, 2.45) is 5.92 Å². The van der Waals surface area contributed by atoms with Crippen molar-refractivity contribution >= 4 is 33.0 Å². The van der Waals surface area contributed by atoms with E-state index in [1.807, 2.05) is 25.1 Å². The summed E-state index contributed by atoms with van der Waals surface area (Å²) in [5.74, 6) is 1.53. The topological polar surface area (TPSA) is 50.4 Å². The number of rotatable bonds is 3. The number of carbonyl (C=O) groups excluding carboxylic acids is 1.